The van der Waals surface area contributed by atoms with E-state index in [-0.39, 0.29) is 0 Å². The van der Waals surface area contributed by atoms with Crippen LogP contribution in [-0.4, -0.2) is 0 Å². The zero-order valence-electron chi connectivity index (χ0n) is 6.40. The standard InChI is InChI=1S/C9H6ClIS/c1-5-7(11)4-8-6(9(5)10)2-3-12-8/h2-4H,1H3. The maximum Gasteiger partial charge on any atom is 0.0532 e. The number of hydrogen-bond donors (Lipinski definition) is 0. The Kier molecular flexibility index (Phi) is 2.31. The first-order chi connectivity index (χ1) is 5.70. The molecule has 1 aromatic heterocycles. The van der Waals surface area contributed by atoms with Gasteiger partial charge in [-0.15, -0.1) is 11.3 Å². The summed E-state index contributed by atoms with van der Waals surface area (Å²) in [5, 5.41) is 4.16. The number of halogens is 2. The summed E-state index contributed by atoms with van der Waals surface area (Å²) in [5.74, 6) is 0. The molecule has 0 spiro atoms. The van der Waals surface area contributed by atoms with Crippen LogP contribution in [0.1, 0.15) is 5.56 Å². The van der Waals surface area contributed by atoms with Gasteiger partial charge < -0.3 is 0 Å². The lowest BCUT2D eigenvalue weighted by molar-refractivity contribution is 1.47. The number of thiophene rings is 1. The van der Waals surface area contributed by atoms with E-state index in [1.54, 1.807) is 11.3 Å². The van der Waals surface area contributed by atoms with E-state index in [9.17, 15) is 0 Å². The Balaban J connectivity index is 2.94. The summed E-state index contributed by atoms with van der Waals surface area (Å²) < 4.78 is 2.52. The Bertz CT molecular complexity index is 433. The summed E-state index contributed by atoms with van der Waals surface area (Å²) in [7, 11) is 0. The lowest BCUT2D eigenvalue weighted by atomic mass is 10.2. The highest BCUT2D eigenvalue weighted by atomic mass is 127. The van der Waals surface area contributed by atoms with Crippen molar-refractivity contribution in [3.63, 3.8) is 0 Å². The van der Waals surface area contributed by atoms with Crippen molar-refractivity contribution in [3.8, 4) is 0 Å². The molecule has 0 saturated carbocycles. The van der Waals surface area contributed by atoms with E-state index < -0.39 is 0 Å². The van der Waals surface area contributed by atoms with Gasteiger partial charge in [-0.05, 0) is 52.6 Å². The Hall–Kier alpha value is 0.200. The molecule has 0 amide bonds. The molecule has 1 aromatic carbocycles. The van der Waals surface area contributed by atoms with Gasteiger partial charge in [0, 0.05) is 13.7 Å². The Morgan fingerprint density at radius 3 is 3.00 bits per heavy atom. The minimum absolute atomic E-state index is 0.901. The van der Waals surface area contributed by atoms with E-state index in [0.29, 0.717) is 0 Å². The fourth-order valence-electron chi connectivity index (χ4n) is 1.14. The molecule has 0 fully saturated rings. The van der Waals surface area contributed by atoms with Crippen molar-refractivity contribution in [2.75, 3.05) is 0 Å². The largest absolute Gasteiger partial charge is 0.144 e. The van der Waals surface area contributed by atoms with E-state index in [4.69, 9.17) is 11.6 Å². The molecule has 0 saturated heterocycles. The average molecular weight is 309 g/mol. The molecule has 0 aliphatic heterocycles. The fraction of sp³-hybridized carbons (Fsp3) is 0.111. The zero-order valence-corrected chi connectivity index (χ0v) is 10.1. The van der Waals surface area contributed by atoms with Gasteiger partial charge in [-0.2, -0.15) is 0 Å². The number of fused-ring (bicyclic) bond motifs is 1. The summed E-state index contributed by atoms with van der Waals surface area (Å²) in [5.41, 5.74) is 1.18. The van der Waals surface area contributed by atoms with Crippen molar-refractivity contribution >= 4 is 55.6 Å². The first-order valence-corrected chi connectivity index (χ1v) is 5.85. The van der Waals surface area contributed by atoms with E-state index in [1.165, 1.54) is 19.2 Å². The summed E-state index contributed by atoms with van der Waals surface area (Å²) >= 11 is 10.2. The van der Waals surface area contributed by atoms with E-state index in [0.717, 1.165) is 5.02 Å². The van der Waals surface area contributed by atoms with Crippen molar-refractivity contribution in [1.82, 2.24) is 0 Å². The molecule has 0 aliphatic rings. The molecule has 2 aromatic rings. The molecule has 3 heteroatoms. The second-order valence-corrected chi connectivity index (χ2v) is 5.12. The molecule has 0 unspecified atom stereocenters. The van der Waals surface area contributed by atoms with Crippen LogP contribution in [0.2, 0.25) is 5.02 Å². The van der Waals surface area contributed by atoms with Crippen LogP contribution < -0.4 is 0 Å². The van der Waals surface area contributed by atoms with Crippen molar-refractivity contribution in [2.45, 2.75) is 6.92 Å². The molecule has 62 valence electrons. The monoisotopic (exact) mass is 308 g/mol. The first-order valence-electron chi connectivity index (χ1n) is 3.52. The normalized spacial score (nSPS) is 10.9. The molecule has 0 atom stereocenters. The molecule has 0 bridgehead atoms. The summed E-state index contributed by atoms with van der Waals surface area (Å²) in [6.45, 7) is 2.06. The molecule has 0 N–H and O–H groups in total. The summed E-state index contributed by atoms with van der Waals surface area (Å²) in [6, 6.07) is 4.26. The fourth-order valence-corrected chi connectivity index (χ4v) is 3.25. The molecule has 1 heterocycles. The van der Waals surface area contributed by atoms with E-state index in [1.807, 2.05) is 0 Å². The average Bonchev–Trinajstić information content (AvgIpc) is 2.48. The third kappa shape index (κ3) is 1.26. The van der Waals surface area contributed by atoms with Crippen LogP contribution in [-0.2, 0) is 0 Å². The predicted molar refractivity (Wildman–Crippen MR) is 64.3 cm³/mol. The van der Waals surface area contributed by atoms with Crippen molar-refractivity contribution < 1.29 is 0 Å². The highest BCUT2D eigenvalue weighted by Crippen LogP contribution is 2.33. The van der Waals surface area contributed by atoms with Gasteiger partial charge in [-0.3, -0.25) is 0 Å². The highest BCUT2D eigenvalue weighted by Gasteiger charge is 2.06. The third-order valence-electron chi connectivity index (χ3n) is 1.88. The Labute approximate surface area is 93.7 Å². The second kappa shape index (κ2) is 3.16. The van der Waals surface area contributed by atoms with Crippen LogP contribution in [0.3, 0.4) is 0 Å². The van der Waals surface area contributed by atoms with Gasteiger partial charge in [-0.25, -0.2) is 0 Å². The van der Waals surface area contributed by atoms with Crippen molar-refractivity contribution in [1.29, 1.82) is 0 Å². The van der Waals surface area contributed by atoms with Gasteiger partial charge in [0.1, 0.15) is 0 Å². The molecule has 12 heavy (non-hydrogen) atoms. The summed E-state index contributed by atoms with van der Waals surface area (Å²) in [4.78, 5) is 0. The number of benzene rings is 1. The lowest BCUT2D eigenvalue weighted by Gasteiger charge is -2.01. The molecule has 0 nitrogen and oxygen atoms in total. The minimum atomic E-state index is 0.901. The van der Waals surface area contributed by atoms with Gasteiger partial charge in [0.15, 0.2) is 0 Å². The van der Waals surface area contributed by atoms with Crippen molar-refractivity contribution in [3.05, 3.63) is 31.7 Å². The predicted octanol–water partition coefficient (Wildman–Crippen LogP) is 4.47. The Morgan fingerprint density at radius 2 is 2.25 bits per heavy atom. The molecule has 0 radical (unpaired) electrons. The SMILES string of the molecule is Cc1c(I)cc2sccc2c1Cl. The summed E-state index contributed by atoms with van der Waals surface area (Å²) in [6.07, 6.45) is 0. The maximum atomic E-state index is 6.17. The van der Waals surface area contributed by atoms with Gasteiger partial charge >= 0.3 is 0 Å². The van der Waals surface area contributed by atoms with Gasteiger partial charge in [-0.1, -0.05) is 11.6 Å². The molecular formula is C9H6ClIS. The van der Waals surface area contributed by atoms with Gasteiger partial charge in [0.25, 0.3) is 0 Å². The van der Waals surface area contributed by atoms with Crippen LogP contribution in [0, 0.1) is 10.5 Å². The number of hydrogen-bond acceptors (Lipinski definition) is 1. The van der Waals surface area contributed by atoms with E-state index >= 15 is 0 Å². The quantitative estimate of drug-likeness (QED) is 0.630. The first kappa shape index (κ1) is 8.78. The minimum Gasteiger partial charge on any atom is -0.144 e. The van der Waals surface area contributed by atoms with Crippen LogP contribution in [0.15, 0.2) is 17.5 Å². The molecule has 2 rings (SSSR count). The molecular weight excluding hydrogens is 303 g/mol. The Morgan fingerprint density at radius 1 is 1.50 bits per heavy atom. The van der Waals surface area contributed by atoms with E-state index in [2.05, 4.69) is 47.0 Å². The molecule has 0 aliphatic carbocycles. The second-order valence-electron chi connectivity index (χ2n) is 2.63. The van der Waals surface area contributed by atoms with Gasteiger partial charge in [0.2, 0.25) is 0 Å². The van der Waals surface area contributed by atoms with Crippen molar-refractivity contribution in [2.24, 2.45) is 0 Å². The lowest BCUT2D eigenvalue weighted by Crippen LogP contribution is -1.80. The van der Waals surface area contributed by atoms with Crippen LogP contribution in [0.25, 0.3) is 10.1 Å². The van der Waals surface area contributed by atoms with Gasteiger partial charge in [0.05, 0.1) is 5.02 Å². The zero-order chi connectivity index (χ0) is 8.72. The highest BCUT2D eigenvalue weighted by molar-refractivity contribution is 14.1. The topological polar surface area (TPSA) is 0 Å². The maximum absolute atomic E-state index is 6.17. The van der Waals surface area contributed by atoms with Crippen LogP contribution in [0.5, 0.6) is 0 Å². The van der Waals surface area contributed by atoms with Crippen LogP contribution >= 0.6 is 45.5 Å². The number of rotatable bonds is 0. The third-order valence-corrected chi connectivity index (χ3v) is 4.35. The smallest absolute Gasteiger partial charge is 0.0532 e. The van der Waals surface area contributed by atoms with Crippen LogP contribution in [0.4, 0.5) is 0 Å².